The summed E-state index contributed by atoms with van der Waals surface area (Å²) in [5, 5.41) is 0.255. The van der Waals surface area contributed by atoms with E-state index in [0.717, 1.165) is 0 Å². The molecule has 38 valence electrons. The van der Waals surface area contributed by atoms with Crippen LogP contribution in [0.3, 0.4) is 0 Å². The molecule has 0 saturated heterocycles. The van der Waals surface area contributed by atoms with E-state index >= 15 is 0 Å². The topological polar surface area (TPSA) is 26.0 Å². The summed E-state index contributed by atoms with van der Waals surface area (Å²) in [5.74, 6) is 0. The molecule has 0 radical (unpaired) electrons. The molecule has 0 aliphatic rings. The SMILES string of the molecule is N[CH2][Ge]([Cl])([Cl])[Cl]. The van der Waals surface area contributed by atoms with E-state index in [-0.39, 0.29) is 5.38 Å². The molecule has 0 saturated carbocycles. The number of hydrogen-bond donors (Lipinski definition) is 1. The Morgan fingerprint density at radius 1 is 1.33 bits per heavy atom. The van der Waals surface area contributed by atoms with E-state index < -0.39 is 10.5 Å². The van der Waals surface area contributed by atoms with E-state index in [1.165, 1.54) is 0 Å². The Kier molecular flexibility index (Phi) is 3.22. The molecule has 0 aliphatic heterocycles. The van der Waals surface area contributed by atoms with E-state index in [4.69, 9.17) is 35.8 Å². The fourth-order valence-corrected chi connectivity index (χ4v) is 0. The molecule has 0 aromatic heterocycles. The van der Waals surface area contributed by atoms with Crippen molar-refractivity contribution in [2.75, 3.05) is 5.38 Å². The van der Waals surface area contributed by atoms with Crippen molar-refractivity contribution < 1.29 is 0 Å². The third kappa shape index (κ3) is 5.37. The van der Waals surface area contributed by atoms with Crippen LogP contribution in [0.1, 0.15) is 0 Å². The van der Waals surface area contributed by atoms with Gasteiger partial charge in [-0.3, -0.25) is 0 Å². The van der Waals surface area contributed by atoms with Gasteiger partial charge in [-0.2, -0.15) is 0 Å². The molecule has 2 N–H and O–H groups in total. The molecule has 0 aliphatic carbocycles. The van der Waals surface area contributed by atoms with Crippen molar-refractivity contribution in [1.82, 2.24) is 0 Å². The number of hydrogen-bond acceptors (Lipinski definition) is 1. The molecule has 0 spiro atoms. The van der Waals surface area contributed by atoms with Gasteiger partial charge in [-0.25, -0.2) is 0 Å². The molecule has 0 heterocycles. The van der Waals surface area contributed by atoms with Crippen LogP contribution in [-0.2, 0) is 0 Å². The van der Waals surface area contributed by atoms with Gasteiger partial charge in [-0.1, -0.05) is 0 Å². The normalized spacial score (nSPS) is 12.0. The molecule has 0 fully saturated rings. The fraction of sp³-hybridized carbons (Fsp3) is 1.00. The summed E-state index contributed by atoms with van der Waals surface area (Å²) in [7, 11) is 13.1. The molecule has 0 amide bonds. The second-order valence-corrected chi connectivity index (χ2v) is 17.3. The Balaban J connectivity index is 3.17. The zero-order chi connectivity index (χ0) is 5.21. The van der Waals surface area contributed by atoms with Gasteiger partial charge >= 0.3 is 51.6 Å². The van der Waals surface area contributed by atoms with E-state index in [1.54, 1.807) is 0 Å². The van der Waals surface area contributed by atoms with Crippen molar-refractivity contribution in [3.63, 3.8) is 0 Å². The average Bonchev–Trinajstić information content (AvgIpc) is 1.35. The molecule has 5 heteroatoms. The van der Waals surface area contributed by atoms with Gasteiger partial charge < -0.3 is 0 Å². The summed E-state index contributed by atoms with van der Waals surface area (Å²) in [5.41, 5.74) is 4.99. The van der Waals surface area contributed by atoms with Crippen LogP contribution in [0, 0.1) is 0 Å². The predicted molar refractivity (Wildman–Crippen MR) is 32.4 cm³/mol. The average molecular weight is 209 g/mol. The van der Waals surface area contributed by atoms with Crippen molar-refractivity contribution in [1.29, 1.82) is 0 Å². The van der Waals surface area contributed by atoms with Crippen LogP contribution in [0.25, 0.3) is 0 Å². The Morgan fingerprint density at radius 2 is 1.50 bits per heavy atom. The van der Waals surface area contributed by atoms with Gasteiger partial charge in [0.15, 0.2) is 0 Å². The third-order valence-corrected chi connectivity index (χ3v) is 3.61. The van der Waals surface area contributed by atoms with Crippen molar-refractivity contribution in [2.24, 2.45) is 5.73 Å². The van der Waals surface area contributed by atoms with Gasteiger partial charge in [-0.05, 0) is 0 Å². The first kappa shape index (κ1) is 7.37. The molecule has 0 unspecified atom stereocenters. The van der Waals surface area contributed by atoms with Crippen LogP contribution in [0.4, 0.5) is 0 Å². The molecule has 0 bridgehead atoms. The first-order valence-corrected chi connectivity index (χ1v) is 11.1. The molecule has 0 aromatic carbocycles. The summed E-state index contributed by atoms with van der Waals surface area (Å²) in [4.78, 5) is 0. The molecule has 0 atom stereocenters. The van der Waals surface area contributed by atoms with E-state index in [2.05, 4.69) is 0 Å². The Hall–Kier alpha value is 1.37. The Morgan fingerprint density at radius 3 is 1.50 bits per heavy atom. The first-order chi connectivity index (χ1) is 2.56. The predicted octanol–water partition coefficient (Wildman–Crippen LogP) is 1.14. The number of nitrogens with two attached hydrogens (primary N) is 1. The van der Waals surface area contributed by atoms with E-state index in [1.807, 2.05) is 0 Å². The summed E-state index contributed by atoms with van der Waals surface area (Å²) in [6.45, 7) is 0. The van der Waals surface area contributed by atoms with Crippen molar-refractivity contribution in [3.8, 4) is 0 Å². The summed E-state index contributed by atoms with van der Waals surface area (Å²) < 4.78 is 0. The van der Waals surface area contributed by atoms with Gasteiger partial charge in [0.2, 0.25) is 0 Å². The maximum atomic E-state index is 5.31. The summed E-state index contributed by atoms with van der Waals surface area (Å²) >= 11 is 0. The van der Waals surface area contributed by atoms with Crippen LogP contribution in [0.5, 0.6) is 0 Å². The second-order valence-electron chi connectivity index (χ2n) is 0.819. The zero-order valence-electron chi connectivity index (χ0n) is 2.92. The summed E-state index contributed by atoms with van der Waals surface area (Å²) in [6.07, 6.45) is 0. The van der Waals surface area contributed by atoms with Gasteiger partial charge in [0.25, 0.3) is 0 Å². The third-order valence-electron chi connectivity index (χ3n) is 0.231. The van der Waals surface area contributed by atoms with Crippen LogP contribution < -0.4 is 5.73 Å². The van der Waals surface area contributed by atoms with Crippen molar-refractivity contribution in [3.05, 3.63) is 0 Å². The van der Waals surface area contributed by atoms with Crippen LogP contribution in [-0.4, -0.2) is 15.9 Å². The zero-order valence-corrected chi connectivity index (χ0v) is 7.28. The standard InChI is InChI=1S/CH4Cl3GeN/c2-5(3,4)1-6/h1,6H2. The monoisotopic (exact) mass is 209 g/mol. The van der Waals surface area contributed by atoms with Crippen molar-refractivity contribution in [2.45, 2.75) is 0 Å². The van der Waals surface area contributed by atoms with Gasteiger partial charge in [0, 0.05) is 0 Å². The quantitative estimate of drug-likeness (QED) is 0.644. The van der Waals surface area contributed by atoms with Gasteiger partial charge in [0.05, 0.1) is 0 Å². The number of rotatable bonds is 1. The molecule has 0 rings (SSSR count). The minimum atomic E-state index is -2.85. The van der Waals surface area contributed by atoms with E-state index in [0.29, 0.717) is 0 Å². The minimum absolute atomic E-state index is 0.255. The van der Waals surface area contributed by atoms with Crippen molar-refractivity contribution >= 4 is 40.5 Å². The van der Waals surface area contributed by atoms with Crippen LogP contribution >= 0.6 is 30.0 Å². The molecule has 6 heavy (non-hydrogen) atoms. The fourth-order valence-electron chi connectivity index (χ4n) is 0. The molecule has 1 nitrogen and oxygen atoms in total. The van der Waals surface area contributed by atoms with E-state index in [9.17, 15) is 0 Å². The van der Waals surface area contributed by atoms with Crippen LogP contribution in [0.2, 0.25) is 0 Å². The second kappa shape index (κ2) is 2.62. The maximum absolute atomic E-state index is 5.31. The Bertz CT molecular complexity index is 40.5. The summed E-state index contributed by atoms with van der Waals surface area (Å²) in [6, 6.07) is 0. The van der Waals surface area contributed by atoms with Gasteiger partial charge in [-0.15, -0.1) is 0 Å². The first-order valence-electron chi connectivity index (χ1n) is 1.33. The number of halogens is 3. The molecular formula is CH4Cl3GeN. The Labute approximate surface area is 51.7 Å². The molecular weight excluding hydrogens is 205 g/mol. The molecule has 0 aromatic rings. The van der Waals surface area contributed by atoms with Crippen LogP contribution in [0.15, 0.2) is 0 Å². The van der Waals surface area contributed by atoms with Gasteiger partial charge in [0.1, 0.15) is 0 Å².